The summed E-state index contributed by atoms with van der Waals surface area (Å²) in [6, 6.07) is 14.6. The van der Waals surface area contributed by atoms with E-state index in [1.165, 1.54) is 164 Å². The molecule has 0 radical (unpaired) electrons. The van der Waals surface area contributed by atoms with Gasteiger partial charge in [-0.25, -0.2) is 0 Å². The highest BCUT2D eigenvalue weighted by atomic mass is 14.3. The van der Waals surface area contributed by atoms with Gasteiger partial charge < -0.3 is 0 Å². The minimum atomic E-state index is 0.955. The summed E-state index contributed by atoms with van der Waals surface area (Å²) in [5, 5.41) is 0. The predicted molar refractivity (Wildman–Crippen MR) is 186 cm³/mol. The molecule has 0 nitrogen and oxygen atoms in total. The molecule has 0 heteroatoms. The fourth-order valence-electron chi connectivity index (χ4n) is 8.50. The Bertz CT molecular complexity index is 1010. The van der Waals surface area contributed by atoms with Crippen LogP contribution in [-0.4, -0.2) is 0 Å². The first-order valence-electron chi connectivity index (χ1n) is 18.7. The molecule has 0 amide bonds. The van der Waals surface area contributed by atoms with E-state index < -0.39 is 0 Å². The molecule has 2 aliphatic carbocycles. The average Bonchev–Trinajstić information content (AvgIpc) is 3.00. The van der Waals surface area contributed by atoms with Gasteiger partial charge in [-0.15, -0.1) is 0 Å². The van der Waals surface area contributed by atoms with Gasteiger partial charge in [0.1, 0.15) is 0 Å². The zero-order valence-electron chi connectivity index (χ0n) is 28.3. The lowest BCUT2D eigenvalue weighted by molar-refractivity contribution is 0.248. The zero-order chi connectivity index (χ0) is 29.6. The maximum atomic E-state index is 2.49. The van der Waals surface area contributed by atoms with Gasteiger partial charge in [-0.2, -0.15) is 0 Å². The lowest BCUT2D eigenvalue weighted by Crippen LogP contribution is -2.15. The Morgan fingerprint density at radius 3 is 1.67 bits per heavy atom. The van der Waals surface area contributed by atoms with Crippen LogP contribution in [0.15, 0.2) is 36.4 Å². The van der Waals surface area contributed by atoms with Gasteiger partial charge in [0.15, 0.2) is 0 Å². The summed E-state index contributed by atoms with van der Waals surface area (Å²) in [7, 11) is 0. The summed E-state index contributed by atoms with van der Waals surface area (Å²) in [5.41, 5.74) is 8.87. The van der Waals surface area contributed by atoms with Crippen molar-refractivity contribution in [2.45, 2.75) is 169 Å². The van der Waals surface area contributed by atoms with Crippen molar-refractivity contribution < 1.29 is 0 Å². The zero-order valence-corrected chi connectivity index (χ0v) is 28.3. The maximum absolute atomic E-state index is 2.49. The third-order valence-electron chi connectivity index (χ3n) is 11.5. The van der Waals surface area contributed by atoms with Gasteiger partial charge in [-0.3, -0.25) is 0 Å². The van der Waals surface area contributed by atoms with Crippen molar-refractivity contribution in [1.29, 1.82) is 0 Å². The predicted octanol–water partition coefficient (Wildman–Crippen LogP) is 13.4. The summed E-state index contributed by atoms with van der Waals surface area (Å²) < 4.78 is 0. The summed E-state index contributed by atoms with van der Waals surface area (Å²) >= 11 is 0. The largest absolute Gasteiger partial charge is 0.0654 e. The second-order valence-electron chi connectivity index (χ2n) is 14.8. The van der Waals surface area contributed by atoms with E-state index >= 15 is 0 Å². The van der Waals surface area contributed by atoms with Gasteiger partial charge in [0.25, 0.3) is 0 Å². The summed E-state index contributed by atoms with van der Waals surface area (Å²) in [4.78, 5) is 0. The van der Waals surface area contributed by atoms with Gasteiger partial charge in [0.05, 0.1) is 0 Å². The summed E-state index contributed by atoms with van der Waals surface area (Å²) in [5.74, 6) is 3.96. The molecule has 2 fully saturated rings. The molecular formula is C42H66. The van der Waals surface area contributed by atoms with Gasteiger partial charge >= 0.3 is 0 Å². The van der Waals surface area contributed by atoms with E-state index in [4.69, 9.17) is 0 Å². The first kappa shape index (κ1) is 33.3. The van der Waals surface area contributed by atoms with Gasteiger partial charge in [0.2, 0.25) is 0 Å². The quantitative estimate of drug-likeness (QED) is 0.166. The number of hydrogen-bond acceptors (Lipinski definition) is 0. The molecule has 0 atom stereocenters. The van der Waals surface area contributed by atoms with Gasteiger partial charge in [-0.1, -0.05) is 166 Å². The first-order chi connectivity index (χ1) is 20.6. The second kappa shape index (κ2) is 18.3. The number of benzene rings is 2. The Hall–Kier alpha value is -1.56. The van der Waals surface area contributed by atoms with E-state index in [2.05, 4.69) is 64.1 Å². The molecule has 234 valence electrons. The van der Waals surface area contributed by atoms with Crippen LogP contribution in [0.1, 0.15) is 165 Å². The Morgan fingerprint density at radius 2 is 1.07 bits per heavy atom. The van der Waals surface area contributed by atoms with Crippen LogP contribution in [0.2, 0.25) is 0 Å². The van der Waals surface area contributed by atoms with E-state index in [-0.39, 0.29) is 0 Å². The molecule has 0 heterocycles. The van der Waals surface area contributed by atoms with E-state index in [0.717, 1.165) is 23.7 Å². The first-order valence-corrected chi connectivity index (χ1v) is 18.7. The van der Waals surface area contributed by atoms with Crippen LogP contribution in [-0.2, 0) is 12.8 Å². The van der Waals surface area contributed by atoms with Crippen molar-refractivity contribution in [1.82, 2.24) is 0 Å². The Labute approximate surface area is 261 Å². The van der Waals surface area contributed by atoms with Crippen LogP contribution in [0.3, 0.4) is 0 Å². The van der Waals surface area contributed by atoms with E-state index in [9.17, 15) is 0 Å². The molecule has 2 aliphatic rings. The highest BCUT2D eigenvalue weighted by Crippen LogP contribution is 2.36. The topological polar surface area (TPSA) is 0 Å². The molecule has 2 saturated carbocycles. The van der Waals surface area contributed by atoms with Crippen molar-refractivity contribution in [3.05, 3.63) is 58.7 Å². The molecule has 2 aromatic rings. The molecule has 4 rings (SSSR count). The summed E-state index contributed by atoms with van der Waals surface area (Å²) in [6.07, 6.45) is 31.6. The standard InChI is InChI=1S/C42H66/c1-5-7-8-9-10-11-12-14-36-17-21-37(22-18-36)23-24-39-26-30-42(34(4)31-39)41-29-28-40(33(3)32-41)27-25-38-19-15-35(13-6-2)16-20-38/h26,28-32,35-38H,5-25,27H2,1-4H3/t35-,36?,37?,38-. The lowest BCUT2D eigenvalue weighted by atomic mass is 9.77. The normalized spacial score (nSPS) is 22.9. The average molecular weight is 571 g/mol. The lowest BCUT2D eigenvalue weighted by Gasteiger charge is -2.28. The molecular weight excluding hydrogens is 504 g/mol. The molecule has 42 heavy (non-hydrogen) atoms. The van der Waals surface area contributed by atoms with Crippen molar-refractivity contribution in [3.63, 3.8) is 0 Å². The molecule has 0 unspecified atom stereocenters. The minimum Gasteiger partial charge on any atom is -0.0654 e. The van der Waals surface area contributed by atoms with E-state index in [0.29, 0.717) is 0 Å². The van der Waals surface area contributed by atoms with Crippen LogP contribution in [0.25, 0.3) is 11.1 Å². The Morgan fingerprint density at radius 1 is 0.500 bits per heavy atom. The second-order valence-corrected chi connectivity index (χ2v) is 14.8. The van der Waals surface area contributed by atoms with E-state index in [1.807, 2.05) is 0 Å². The van der Waals surface area contributed by atoms with Crippen molar-refractivity contribution >= 4 is 0 Å². The van der Waals surface area contributed by atoms with Crippen LogP contribution in [0.4, 0.5) is 0 Å². The van der Waals surface area contributed by atoms with Crippen molar-refractivity contribution in [2.75, 3.05) is 0 Å². The number of rotatable bonds is 17. The van der Waals surface area contributed by atoms with Crippen molar-refractivity contribution in [3.8, 4) is 11.1 Å². The fourth-order valence-corrected chi connectivity index (χ4v) is 8.50. The molecule has 0 bridgehead atoms. The van der Waals surface area contributed by atoms with Crippen LogP contribution in [0, 0.1) is 37.5 Å². The van der Waals surface area contributed by atoms with Gasteiger partial charge in [0, 0.05) is 0 Å². The number of aryl methyl sites for hydroxylation is 4. The molecule has 2 aromatic carbocycles. The highest BCUT2D eigenvalue weighted by Gasteiger charge is 2.22. The number of hydrogen-bond donors (Lipinski definition) is 0. The smallest absolute Gasteiger partial charge is 0.0154 e. The molecule has 0 aliphatic heterocycles. The monoisotopic (exact) mass is 571 g/mol. The molecule has 0 spiro atoms. The fraction of sp³-hybridized carbons (Fsp3) is 0.714. The molecule has 0 saturated heterocycles. The van der Waals surface area contributed by atoms with Crippen LogP contribution >= 0.6 is 0 Å². The van der Waals surface area contributed by atoms with Gasteiger partial charge in [-0.05, 0) is 96.6 Å². The number of unbranched alkanes of at least 4 members (excludes halogenated alkanes) is 6. The summed E-state index contributed by atoms with van der Waals surface area (Å²) in [6.45, 7) is 9.32. The third-order valence-corrected chi connectivity index (χ3v) is 11.5. The highest BCUT2D eigenvalue weighted by molar-refractivity contribution is 5.68. The minimum absolute atomic E-state index is 0.955. The van der Waals surface area contributed by atoms with Crippen LogP contribution < -0.4 is 0 Å². The van der Waals surface area contributed by atoms with E-state index in [1.54, 1.807) is 11.1 Å². The van der Waals surface area contributed by atoms with Crippen LogP contribution in [0.5, 0.6) is 0 Å². The SMILES string of the molecule is CCCCCCCCCC1CCC(CCc2ccc(-c3ccc(CC[C@H]4CC[C@H](CCC)CC4)c(C)c3)c(C)c2)CC1. The Kier molecular flexibility index (Phi) is 14.5. The Balaban J connectivity index is 1.16. The molecule has 0 N–H and O–H groups in total. The maximum Gasteiger partial charge on any atom is -0.0154 e. The van der Waals surface area contributed by atoms with Crippen molar-refractivity contribution in [2.24, 2.45) is 23.7 Å². The molecule has 0 aromatic heterocycles. The third kappa shape index (κ3) is 10.9.